The number of carbonyl (C=O) groups excluding carboxylic acids is 1. The molecule has 1 aromatic carbocycles. The van der Waals surface area contributed by atoms with Gasteiger partial charge in [-0.3, -0.25) is 4.79 Å². The molecule has 1 aromatic rings. The van der Waals surface area contributed by atoms with E-state index in [2.05, 4.69) is 25.2 Å². The molecule has 0 aliphatic heterocycles. The Morgan fingerprint density at radius 3 is 2.26 bits per heavy atom. The van der Waals surface area contributed by atoms with Crippen LogP contribution in [-0.4, -0.2) is 12.5 Å². The Kier molecular flexibility index (Phi) is 5.55. The second kappa shape index (κ2) is 6.71. The Hall–Kier alpha value is -1.35. The molecular formula is C16H26N2O. The molecule has 0 saturated carbocycles. The molecule has 1 rings (SSSR count). The quantitative estimate of drug-likeness (QED) is 0.825. The smallest absolute Gasteiger partial charge is 0.224 e. The summed E-state index contributed by atoms with van der Waals surface area (Å²) >= 11 is 0. The van der Waals surface area contributed by atoms with Gasteiger partial charge in [-0.1, -0.05) is 19.9 Å². The molecule has 0 saturated heterocycles. The summed E-state index contributed by atoms with van der Waals surface area (Å²) in [4.78, 5) is 11.9. The molecule has 3 N–H and O–H groups in total. The van der Waals surface area contributed by atoms with Gasteiger partial charge in [-0.05, 0) is 61.9 Å². The molecule has 0 aromatic heterocycles. The Labute approximate surface area is 116 Å². The zero-order chi connectivity index (χ0) is 14.5. The molecule has 0 aliphatic rings. The number of nitrogens with two attached hydrogens (primary N) is 1. The van der Waals surface area contributed by atoms with Crippen LogP contribution >= 0.6 is 0 Å². The van der Waals surface area contributed by atoms with Crippen LogP contribution in [0.2, 0.25) is 0 Å². The fourth-order valence-electron chi connectivity index (χ4n) is 2.24. The van der Waals surface area contributed by atoms with Gasteiger partial charge >= 0.3 is 0 Å². The monoisotopic (exact) mass is 262 g/mol. The van der Waals surface area contributed by atoms with Gasteiger partial charge in [0.2, 0.25) is 5.91 Å². The third-order valence-electron chi connectivity index (χ3n) is 3.36. The summed E-state index contributed by atoms with van der Waals surface area (Å²) < 4.78 is 0. The van der Waals surface area contributed by atoms with Crippen LogP contribution in [-0.2, 0) is 4.79 Å². The van der Waals surface area contributed by atoms with E-state index in [1.807, 2.05) is 26.0 Å². The van der Waals surface area contributed by atoms with Gasteiger partial charge in [0.1, 0.15) is 0 Å². The minimum atomic E-state index is 0.0788. The highest BCUT2D eigenvalue weighted by Gasteiger charge is 2.18. The van der Waals surface area contributed by atoms with E-state index in [0.29, 0.717) is 13.0 Å². The summed E-state index contributed by atoms with van der Waals surface area (Å²) in [6.07, 6.45) is 2.35. The second-order valence-corrected chi connectivity index (χ2v) is 6.13. The maximum absolute atomic E-state index is 11.9. The number of carbonyl (C=O) groups is 1. The Morgan fingerprint density at radius 1 is 1.16 bits per heavy atom. The predicted octanol–water partition coefficient (Wildman–Crippen LogP) is 3.40. The highest BCUT2D eigenvalue weighted by molar-refractivity contribution is 5.90. The first-order valence-corrected chi connectivity index (χ1v) is 6.91. The van der Waals surface area contributed by atoms with Crippen LogP contribution in [0, 0.1) is 19.3 Å². The molecule has 0 bridgehead atoms. The molecule has 19 heavy (non-hydrogen) atoms. The number of rotatable bonds is 6. The number of anilines is 1. The molecule has 0 fully saturated rings. The van der Waals surface area contributed by atoms with Crippen LogP contribution < -0.4 is 11.1 Å². The molecule has 3 nitrogen and oxygen atoms in total. The third-order valence-corrected chi connectivity index (χ3v) is 3.36. The lowest BCUT2D eigenvalue weighted by Gasteiger charge is -2.23. The molecule has 106 valence electrons. The van der Waals surface area contributed by atoms with Gasteiger partial charge in [-0.2, -0.15) is 0 Å². The maximum atomic E-state index is 11.9. The largest absolute Gasteiger partial charge is 0.330 e. The van der Waals surface area contributed by atoms with Crippen LogP contribution in [0.1, 0.15) is 44.2 Å². The van der Waals surface area contributed by atoms with Crippen molar-refractivity contribution in [3.8, 4) is 0 Å². The predicted molar refractivity (Wildman–Crippen MR) is 81.2 cm³/mol. The van der Waals surface area contributed by atoms with Crippen molar-refractivity contribution in [2.24, 2.45) is 11.1 Å². The van der Waals surface area contributed by atoms with Crippen molar-refractivity contribution >= 4 is 11.6 Å². The molecular weight excluding hydrogens is 236 g/mol. The zero-order valence-electron chi connectivity index (χ0n) is 12.5. The van der Waals surface area contributed by atoms with Gasteiger partial charge in [-0.25, -0.2) is 0 Å². The SMILES string of the molecule is Cc1cc(C)cc(NC(=O)CCC(C)(C)CCN)c1. The lowest BCUT2D eigenvalue weighted by atomic mass is 9.84. The lowest BCUT2D eigenvalue weighted by Crippen LogP contribution is -2.20. The van der Waals surface area contributed by atoms with Crippen molar-refractivity contribution in [2.45, 2.75) is 47.0 Å². The number of aryl methyl sites for hydroxylation is 2. The van der Waals surface area contributed by atoms with E-state index in [1.165, 1.54) is 11.1 Å². The third kappa shape index (κ3) is 5.88. The number of amides is 1. The van der Waals surface area contributed by atoms with E-state index < -0.39 is 0 Å². The summed E-state index contributed by atoms with van der Waals surface area (Å²) in [7, 11) is 0. The average molecular weight is 262 g/mol. The van der Waals surface area contributed by atoms with Crippen LogP contribution in [0.4, 0.5) is 5.69 Å². The van der Waals surface area contributed by atoms with E-state index in [-0.39, 0.29) is 11.3 Å². The molecule has 0 heterocycles. The van der Waals surface area contributed by atoms with Gasteiger partial charge in [0.15, 0.2) is 0 Å². The molecule has 0 unspecified atom stereocenters. The van der Waals surface area contributed by atoms with Gasteiger partial charge in [0.25, 0.3) is 0 Å². The molecule has 3 heteroatoms. The van der Waals surface area contributed by atoms with E-state index in [1.54, 1.807) is 0 Å². The number of hydrogen-bond donors (Lipinski definition) is 2. The average Bonchev–Trinajstić information content (AvgIpc) is 2.25. The second-order valence-electron chi connectivity index (χ2n) is 6.13. The molecule has 0 radical (unpaired) electrons. The van der Waals surface area contributed by atoms with Crippen LogP contribution in [0.5, 0.6) is 0 Å². The maximum Gasteiger partial charge on any atom is 0.224 e. The van der Waals surface area contributed by atoms with Crippen molar-refractivity contribution < 1.29 is 4.79 Å². The van der Waals surface area contributed by atoms with E-state index >= 15 is 0 Å². The first-order valence-electron chi connectivity index (χ1n) is 6.91. The fraction of sp³-hybridized carbons (Fsp3) is 0.562. The summed E-state index contributed by atoms with van der Waals surface area (Å²) in [5, 5.41) is 2.97. The van der Waals surface area contributed by atoms with E-state index in [9.17, 15) is 4.79 Å². The molecule has 0 aliphatic carbocycles. The number of hydrogen-bond acceptors (Lipinski definition) is 2. The van der Waals surface area contributed by atoms with Crippen LogP contribution in [0.15, 0.2) is 18.2 Å². The van der Waals surface area contributed by atoms with Crippen molar-refractivity contribution in [1.82, 2.24) is 0 Å². The van der Waals surface area contributed by atoms with E-state index in [4.69, 9.17) is 5.73 Å². The first-order chi connectivity index (χ1) is 8.82. The van der Waals surface area contributed by atoms with Gasteiger partial charge in [0, 0.05) is 12.1 Å². The normalized spacial score (nSPS) is 11.4. The summed E-state index contributed by atoms with van der Waals surface area (Å²) in [6.45, 7) is 9.06. The van der Waals surface area contributed by atoms with Crippen molar-refractivity contribution in [1.29, 1.82) is 0 Å². The van der Waals surface area contributed by atoms with Crippen molar-refractivity contribution in [3.63, 3.8) is 0 Å². The molecule has 1 amide bonds. The highest BCUT2D eigenvalue weighted by Crippen LogP contribution is 2.26. The van der Waals surface area contributed by atoms with Gasteiger partial charge in [0.05, 0.1) is 0 Å². The molecule has 0 atom stereocenters. The summed E-state index contributed by atoms with van der Waals surface area (Å²) in [5.74, 6) is 0.0788. The minimum Gasteiger partial charge on any atom is -0.330 e. The Balaban J connectivity index is 2.51. The Morgan fingerprint density at radius 2 is 1.74 bits per heavy atom. The summed E-state index contributed by atoms with van der Waals surface area (Å²) in [5.41, 5.74) is 8.93. The topological polar surface area (TPSA) is 55.1 Å². The zero-order valence-corrected chi connectivity index (χ0v) is 12.5. The van der Waals surface area contributed by atoms with Crippen molar-refractivity contribution in [3.05, 3.63) is 29.3 Å². The number of benzene rings is 1. The summed E-state index contributed by atoms with van der Waals surface area (Å²) in [6, 6.07) is 6.09. The van der Waals surface area contributed by atoms with E-state index in [0.717, 1.165) is 18.5 Å². The Bertz CT molecular complexity index is 418. The van der Waals surface area contributed by atoms with Crippen LogP contribution in [0.25, 0.3) is 0 Å². The van der Waals surface area contributed by atoms with Gasteiger partial charge < -0.3 is 11.1 Å². The highest BCUT2D eigenvalue weighted by atomic mass is 16.1. The minimum absolute atomic E-state index is 0.0788. The fourth-order valence-corrected chi connectivity index (χ4v) is 2.24. The van der Waals surface area contributed by atoms with Gasteiger partial charge in [-0.15, -0.1) is 0 Å². The number of nitrogens with one attached hydrogen (secondary N) is 1. The van der Waals surface area contributed by atoms with Crippen molar-refractivity contribution in [2.75, 3.05) is 11.9 Å². The molecule has 0 spiro atoms. The first kappa shape index (κ1) is 15.7. The van der Waals surface area contributed by atoms with Crippen LogP contribution in [0.3, 0.4) is 0 Å². The lowest BCUT2D eigenvalue weighted by molar-refractivity contribution is -0.116. The standard InChI is InChI=1S/C16H26N2O/c1-12-9-13(2)11-14(10-12)18-15(19)5-6-16(3,4)7-8-17/h9-11H,5-8,17H2,1-4H3,(H,18,19).